The van der Waals surface area contributed by atoms with Gasteiger partial charge in [0, 0.05) is 19.2 Å². The number of hydrogen-bond acceptors (Lipinski definition) is 6. The first-order valence-electron chi connectivity index (χ1n) is 7.78. The molecule has 132 valence electrons. The Kier molecular flexibility index (Phi) is 5.01. The van der Waals surface area contributed by atoms with Gasteiger partial charge in [-0.3, -0.25) is 0 Å². The third-order valence-corrected chi connectivity index (χ3v) is 5.36. The standard InChI is InChI=1S/C17H18FN3O2S2/c1-3-15-20-16(14-6-7-24-17(14)21-15)19-9-12-8-13(18)5-4-11(12)10-25(2,22)23/h4-8H,3,9-10H2,1-2H3,(H,19,20,21). The molecule has 0 fully saturated rings. The molecular formula is C17H18FN3O2S2. The Hall–Kier alpha value is -2.06. The van der Waals surface area contributed by atoms with Crippen LogP contribution in [0.3, 0.4) is 0 Å². The predicted molar refractivity (Wildman–Crippen MR) is 99.1 cm³/mol. The molecule has 0 aliphatic rings. The summed E-state index contributed by atoms with van der Waals surface area (Å²) in [4.78, 5) is 9.88. The summed E-state index contributed by atoms with van der Waals surface area (Å²) in [5.41, 5.74) is 1.19. The maximum absolute atomic E-state index is 13.6. The van der Waals surface area contributed by atoms with Gasteiger partial charge in [0.2, 0.25) is 0 Å². The first-order valence-corrected chi connectivity index (χ1v) is 10.7. The quantitative estimate of drug-likeness (QED) is 0.709. The fraction of sp³-hybridized carbons (Fsp3) is 0.294. The largest absolute Gasteiger partial charge is 0.365 e. The van der Waals surface area contributed by atoms with Gasteiger partial charge < -0.3 is 5.32 Å². The molecule has 0 bridgehead atoms. The summed E-state index contributed by atoms with van der Waals surface area (Å²) in [6.45, 7) is 2.27. The second kappa shape index (κ2) is 7.05. The highest BCUT2D eigenvalue weighted by Gasteiger charge is 2.12. The SMILES string of the molecule is CCc1nc(NCc2cc(F)ccc2CS(C)(=O)=O)c2ccsc2n1. The molecule has 0 spiro atoms. The van der Waals surface area contributed by atoms with Crippen molar-refractivity contribution in [3.63, 3.8) is 0 Å². The molecule has 2 heterocycles. The van der Waals surface area contributed by atoms with E-state index in [0.717, 1.165) is 16.0 Å². The molecule has 1 N–H and O–H groups in total. The normalized spacial score (nSPS) is 11.8. The van der Waals surface area contributed by atoms with E-state index in [1.165, 1.54) is 35.8 Å². The number of nitrogens with one attached hydrogen (secondary N) is 1. The van der Waals surface area contributed by atoms with Gasteiger partial charge in [0.25, 0.3) is 0 Å². The lowest BCUT2D eigenvalue weighted by atomic mass is 10.1. The van der Waals surface area contributed by atoms with Crippen molar-refractivity contribution >= 4 is 37.2 Å². The van der Waals surface area contributed by atoms with Crippen LogP contribution in [0.15, 0.2) is 29.6 Å². The van der Waals surface area contributed by atoms with Gasteiger partial charge in [0.1, 0.15) is 22.3 Å². The third-order valence-electron chi connectivity index (χ3n) is 3.72. The van der Waals surface area contributed by atoms with Crippen LogP contribution in [0.5, 0.6) is 0 Å². The van der Waals surface area contributed by atoms with Gasteiger partial charge in [-0.15, -0.1) is 11.3 Å². The van der Waals surface area contributed by atoms with E-state index in [1.807, 2.05) is 18.4 Å². The molecule has 0 aliphatic carbocycles. The monoisotopic (exact) mass is 379 g/mol. The van der Waals surface area contributed by atoms with Crippen LogP contribution in [0.25, 0.3) is 10.2 Å². The zero-order valence-electron chi connectivity index (χ0n) is 13.9. The molecule has 0 radical (unpaired) electrons. The fourth-order valence-corrected chi connectivity index (χ4v) is 4.18. The minimum atomic E-state index is -3.21. The summed E-state index contributed by atoms with van der Waals surface area (Å²) < 4.78 is 36.8. The van der Waals surface area contributed by atoms with Gasteiger partial charge in [-0.05, 0) is 34.7 Å². The molecular weight excluding hydrogens is 361 g/mol. The Morgan fingerprint density at radius 1 is 1.20 bits per heavy atom. The number of thiophene rings is 1. The van der Waals surface area contributed by atoms with Crippen molar-refractivity contribution in [2.45, 2.75) is 25.6 Å². The molecule has 5 nitrogen and oxygen atoms in total. The molecule has 0 saturated carbocycles. The molecule has 0 unspecified atom stereocenters. The lowest BCUT2D eigenvalue weighted by Crippen LogP contribution is -2.09. The average Bonchev–Trinajstić information content (AvgIpc) is 3.02. The van der Waals surface area contributed by atoms with Crippen LogP contribution in [0, 0.1) is 5.82 Å². The molecule has 0 saturated heterocycles. The number of rotatable bonds is 6. The van der Waals surface area contributed by atoms with Crippen molar-refractivity contribution in [3.8, 4) is 0 Å². The number of nitrogens with zero attached hydrogens (tertiary/aromatic N) is 2. The Morgan fingerprint density at radius 3 is 2.72 bits per heavy atom. The second-order valence-electron chi connectivity index (χ2n) is 5.82. The average molecular weight is 379 g/mol. The van der Waals surface area contributed by atoms with Gasteiger partial charge in [-0.1, -0.05) is 13.0 Å². The molecule has 3 rings (SSSR count). The second-order valence-corrected chi connectivity index (χ2v) is 8.85. The van der Waals surface area contributed by atoms with Crippen molar-refractivity contribution in [2.24, 2.45) is 0 Å². The van der Waals surface area contributed by atoms with E-state index in [1.54, 1.807) is 0 Å². The van der Waals surface area contributed by atoms with Crippen molar-refractivity contribution in [1.82, 2.24) is 9.97 Å². The number of hydrogen-bond donors (Lipinski definition) is 1. The third kappa shape index (κ3) is 4.32. The fourth-order valence-electron chi connectivity index (χ4n) is 2.55. The van der Waals surface area contributed by atoms with Gasteiger partial charge >= 0.3 is 0 Å². The first kappa shape index (κ1) is 17.8. The van der Waals surface area contributed by atoms with Crippen LogP contribution < -0.4 is 5.32 Å². The van der Waals surface area contributed by atoms with Crippen molar-refractivity contribution < 1.29 is 12.8 Å². The minimum absolute atomic E-state index is 0.123. The topological polar surface area (TPSA) is 72.0 Å². The number of sulfone groups is 1. The predicted octanol–water partition coefficient (Wildman–Crippen LogP) is 3.55. The Labute approximate surface area is 149 Å². The number of fused-ring (bicyclic) bond motifs is 1. The molecule has 25 heavy (non-hydrogen) atoms. The molecule has 1 aromatic carbocycles. The maximum atomic E-state index is 13.6. The van der Waals surface area contributed by atoms with Crippen LogP contribution in [0.4, 0.5) is 10.2 Å². The molecule has 2 aromatic heterocycles. The van der Waals surface area contributed by atoms with E-state index in [0.29, 0.717) is 23.4 Å². The maximum Gasteiger partial charge on any atom is 0.151 e. The van der Waals surface area contributed by atoms with Crippen LogP contribution >= 0.6 is 11.3 Å². The highest BCUT2D eigenvalue weighted by atomic mass is 32.2. The van der Waals surface area contributed by atoms with Crippen molar-refractivity contribution in [2.75, 3.05) is 11.6 Å². The first-order chi connectivity index (χ1) is 11.9. The van der Waals surface area contributed by atoms with E-state index < -0.39 is 15.7 Å². The smallest absolute Gasteiger partial charge is 0.151 e. The summed E-state index contributed by atoms with van der Waals surface area (Å²) >= 11 is 1.54. The summed E-state index contributed by atoms with van der Waals surface area (Å²) in [6, 6.07) is 6.09. The zero-order chi connectivity index (χ0) is 18.0. The lowest BCUT2D eigenvalue weighted by Gasteiger charge is -2.12. The minimum Gasteiger partial charge on any atom is -0.365 e. The summed E-state index contributed by atoms with van der Waals surface area (Å²) in [5, 5.41) is 6.06. The summed E-state index contributed by atoms with van der Waals surface area (Å²) in [6.07, 6.45) is 1.88. The Morgan fingerprint density at radius 2 is 2.00 bits per heavy atom. The van der Waals surface area contributed by atoms with E-state index >= 15 is 0 Å². The van der Waals surface area contributed by atoms with Gasteiger partial charge in [0.05, 0.1) is 11.1 Å². The number of halogens is 1. The van der Waals surface area contributed by atoms with Crippen LogP contribution in [-0.4, -0.2) is 24.6 Å². The van der Waals surface area contributed by atoms with Crippen molar-refractivity contribution in [1.29, 1.82) is 0 Å². The van der Waals surface area contributed by atoms with Crippen molar-refractivity contribution in [3.05, 3.63) is 52.4 Å². The van der Waals surface area contributed by atoms with Crippen LogP contribution in [0.2, 0.25) is 0 Å². The zero-order valence-corrected chi connectivity index (χ0v) is 15.5. The molecule has 0 amide bonds. The summed E-state index contributed by atoms with van der Waals surface area (Å²) in [5.74, 6) is 0.889. The van der Waals surface area contributed by atoms with Gasteiger partial charge in [0.15, 0.2) is 9.84 Å². The highest BCUT2D eigenvalue weighted by Crippen LogP contribution is 2.26. The number of aromatic nitrogens is 2. The molecule has 0 aliphatic heterocycles. The van der Waals surface area contributed by atoms with E-state index in [9.17, 15) is 12.8 Å². The van der Waals surface area contributed by atoms with E-state index in [2.05, 4.69) is 15.3 Å². The Bertz CT molecular complexity index is 1020. The molecule has 0 atom stereocenters. The van der Waals surface area contributed by atoms with Crippen LogP contribution in [0.1, 0.15) is 23.9 Å². The van der Waals surface area contributed by atoms with Crippen LogP contribution in [-0.2, 0) is 28.6 Å². The number of aryl methyl sites for hydroxylation is 1. The molecule has 3 aromatic rings. The summed E-state index contributed by atoms with van der Waals surface area (Å²) in [7, 11) is -3.21. The highest BCUT2D eigenvalue weighted by molar-refractivity contribution is 7.89. The number of anilines is 1. The van der Waals surface area contributed by atoms with Gasteiger partial charge in [-0.2, -0.15) is 0 Å². The van der Waals surface area contributed by atoms with Gasteiger partial charge in [-0.25, -0.2) is 22.8 Å². The lowest BCUT2D eigenvalue weighted by molar-refractivity contribution is 0.600. The Balaban J connectivity index is 1.91. The molecule has 8 heteroatoms. The number of benzene rings is 1. The van der Waals surface area contributed by atoms with E-state index in [4.69, 9.17) is 0 Å². The van der Waals surface area contributed by atoms with E-state index in [-0.39, 0.29) is 12.3 Å².